The van der Waals surface area contributed by atoms with Crippen LogP contribution in [0.25, 0.3) is 0 Å². The summed E-state index contributed by atoms with van der Waals surface area (Å²) in [4.78, 5) is -0.00620. The predicted molar refractivity (Wildman–Crippen MR) is 119 cm³/mol. The van der Waals surface area contributed by atoms with E-state index in [2.05, 4.69) is 4.72 Å². The molecular formula is C21H28N2O6S2. The van der Waals surface area contributed by atoms with E-state index >= 15 is 0 Å². The van der Waals surface area contributed by atoms with Gasteiger partial charge < -0.3 is 9.47 Å². The Morgan fingerprint density at radius 2 is 1.65 bits per heavy atom. The van der Waals surface area contributed by atoms with Crippen molar-refractivity contribution < 1.29 is 26.3 Å². The second kappa shape index (κ2) is 9.05. The van der Waals surface area contributed by atoms with Crippen molar-refractivity contribution in [3.05, 3.63) is 42.0 Å². The normalized spacial score (nSPS) is 16.1. The van der Waals surface area contributed by atoms with Crippen molar-refractivity contribution in [2.45, 2.75) is 50.0 Å². The highest BCUT2D eigenvalue weighted by atomic mass is 32.2. The van der Waals surface area contributed by atoms with Gasteiger partial charge in [-0.2, -0.15) is 4.31 Å². The van der Waals surface area contributed by atoms with E-state index in [0.717, 1.165) is 12.0 Å². The molecule has 0 amide bonds. The van der Waals surface area contributed by atoms with Gasteiger partial charge in [-0.25, -0.2) is 16.8 Å². The minimum Gasteiger partial charge on any atom is -0.492 e. The van der Waals surface area contributed by atoms with Gasteiger partial charge >= 0.3 is 0 Å². The van der Waals surface area contributed by atoms with Crippen molar-refractivity contribution in [3.8, 4) is 11.5 Å². The zero-order chi connectivity index (χ0) is 22.8. The summed E-state index contributed by atoms with van der Waals surface area (Å²) < 4.78 is 66.4. The van der Waals surface area contributed by atoms with Crippen LogP contribution in [0.4, 0.5) is 5.69 Å². The summed E-state index contributed by atoms with van der Waals surface area (Å²) in [5.74, 6) is 1.04. The number of rotatable bonds is 9. The molecule has 0 radical (unpaired) electrons. The average molecular weight is 469 g/mol. The molecule has 1 aliphatic rings. The average Bonchev–Trinajstić information content (AvgIpc) is 3.08. The monoisotopic (exact) mass is 468 g/mol. The third-order valence-corrected chi connectivity index (χ3v) is 8.47. The Labute approximate surface area is 184 Å². The number of hydrogen-bond acceptors (Lipinski definition) is 6. The van der Waals surface area contributed by atoms with Crippen molar-refractivity contribution in [2.75, 3.05) is 24.4 Å². The second-order valence-electron chi connectivity index (χ2n) is 7.19. The molecule has 10 heteroatoms. The predicted octanol–water partition coefficient (Wildman–Crippen LogP) is 3.24. The fourth-order valence-electron chi connectivity index (χ4n) is 3.50. The first-order valence-corrected chi connectivity index (χ1v) is 13.1. The van der Waals surface area contributed by atoms with Crippen molar-refractivity contribution in [2.24, 2.45) is 0 Å². The van der Waals surface area contributed by atoms with E-state index in [9.17, 15) is 16.8 Å². The van der Waals surface area contributed by atoms with Crippen LogP contribution in [-0.4, -0.2) is 46.9 Å². The first kappa shape index (κ1) is 23.4. The van der Waals surface area contributed by atoms with Crippen molar-refractivity contribution in [3.63, 3.8) is 0 Å². The van der Waals surface area contributed by atoms with Crippen LogP contribution in [0, 0.1) is 0 Å². The Hall–Kier alpha value is -2.30. The summed E-state index contributed by atoms with van der Waals surface area (Å²) in [7, 11) is -7.64. The highest BCUT2D eigenvalue weighted by molar-refractivity contribution is 7.92. The minimum absolute atomic E-state index is 0.0108. The molecule has 0 spiro atoms. The van der Waals surface area contributed by atoms with Gasteiger partial charge in [0.25, 0.3) is 10.0 Å². The molecule has 170 valence electrons. The van der Waals surface area contributed by atoms with Crippen LogP contribution in [0.3, 0.4) is 0 Å². The maximum absolute atomic E-state index is 13.0. The lowest BCUT2D eigenvalue weighted by Crippen LogP contribution is -2.30. The lowest BCUT2D eigenvalue weighted by Gasteiger charge is -2.18. The van der Waals surface area contributed by atoms with Gasteiger partial charge in [0.1, 0.15) is 17.6 Å². The maximum Gasteiger partial charge on any atom is 0.262 e. The van der Waals surface area contributed by atoms with Crippen molar-refractivity contribution >= 4 is 25.7 Å². The van der Waals surface area contributed by atoms with Gasteiger partial charge in [0.15, 0.2) is 0 Å². The van der Waals surface area contributed by atoms with Gasteiger partial charge in [-0.3, -0.25) is 4.72 Å². The third-order valence-electron chi connectivity index (χ3n) is 5.02. The van der Waals surface area contributed by atoms with Gasteiger partial charge in [-0.1, -0.05) is 13.8 Å². The molecule has 0 aromatic heterocycles. The van der Waals surface area contributed by atoms with E-state index < -0.39 is 20.0 Å². The van der Waals surface area contributed by atoms with Gasteiger partial charge in [-0.15, -0.1) is 0 Å². The number of sulfonamides is 2. The fraction of sp³-hybridized carbons (Fsp3) is 0.429. The van der Waals surface area contributed by atoms with E-state index in [1.807, 2.05) is 13.8 Å². The molecule has 1 aliphatic heterocycles. The Morgan fingerprint density at radius 3 is 2.23 bits per heavy atom. The van der Waals surface area contributed by atoms with E-state index in [-0.39, 0.29) is 21.6 Å². The third kappa shape index (κ3) is 4.81. The molecule has 0 saturated heterocycles. The van der Waals surface area contributed by atoms with Crippen LogP contribution < -0.4 is 14.2 Å². The summed E-state index contributed by atoms with van der Waals surface area (Å²) >= 11 is 0. The summed E-state index contributed by atoms with van der Waals surface area (Å²) in [6.45, 7) is 8.31. The SMILES string of the molecule is CCOc1cc2c(cc1NS(=O)(=O)c1ccc(S(=O)(=O)N(CC)CC)cc1)O[C@@H](C)C2. The summed E-state index contributed by atoms with van der Waals surface area (Å²) in [6.07, 6.45) is 0.738. The zero-order valence-electron chi connectivity index (χ0n) is 18.1. The molecule has 0 bridgehead atoms. The van der Waals surface area contributed by atoms with Crippen LogP contribution >= 0.6 is 0 Å². The maximum atomic E-state index is 13.0. The second-order valence-corrected chi connectivity index (χ2v) is 10.8. The first-order valence-electron chi connectivity index (χ1n) is 10.2. The van der Waals surface area contributed by atoms with Gasteiger partial charge in [0, 0.05) is 31.1 Å². The highest BCUT2D eigenvalue weighted by Gasteiger charge is 2.26. The number of hydrogen-bond donors (Lipinski definition) is 1. The molecule has 2 aromatic carbocycles. The van der Waals surface area contributed by atoms with E-state index in [1.54, 1.807) is 26.0 Å². The summed E-state index contributed by atoms with van der Waals surface area (Å²) in [6, 6.07) is 8.59. The summed E-state index contributed by atoms with van der Waals surface area (Å²) in [5.41, 5.74) is 1.24. The van der Waals surface area contributed by atoms with E-state index in [1.165, 1.54) is 28.6 Å². The first-order chi connectivity index (χ1) is 14.6. The number of fused-ring (bicyclic) bond motifs is 1. The Kier molecular flexibility index (Phi) is 6.82. The van der Waals surface area contributed by atoms with Crippen LogP contribution in [-0.2, 0) is 26.5 Å². The highest BCUT2D eigenvalue weighted by Crippen LogP contribution is 2.39. The van der Waals surface area contributed by atoms with Gasteiger partial charge in [0.05, 0.1) is 22.1 Å². The molecule has 1 atom stereocenters. The molecular weight excluding hydrogens is 440 g/mol. The quantitative estimate of drug-likeness (QED) is 0.606. The largest absolute Gasteiger partial charge is 0.492 e. The Bertz CT molecular complexity index is 1140. The van der Waals surface area contributed by atoms with Crippen LogP contribution in [0.15, 0.2) is 46.2 Å². The number of nitrogens with one attached hydrogen (secondary N) is 1. The standard InChI is InChI=1S/C21H28N2O6S2/c1-5-23(6-2)31(26,27)18-10-8-17(9-11-18)30(24,25)22-19-14-20-16(12-15(4)29-20)13-21(19)28-7-3/h8-11,13-15,22H,5-7,12H2,1-4H3/t15-/m0/s1. The molecule has 0 fully saturated rings. The smallest absolute Gasteiger partial charge is 0.262 e. The van der Waals surface area contributed by atoms with Crippen LogP contribution in [0.1, 0.15) is 33.3 Å². The molecule has 31 heavy (non-hydrogen) atoms. The zero-order valence-corrected chi connectivity index (χ0v) is 19.7. The van der Waals surface area contributed by atoms with Gasteiger partial charge in [-0.05, 0) is 44.2 Å². The molecule has 2 aromatic rings. The van der Waals surface area contributed by atoms with Crippen LogP contribution in [0.5, 0.6) is 11.5 Å². The molecule has 8 nitrogen and oxygen atoms in total. The number of anilines is 1. The van der Waals surface area contributed by atoms with Gasteiger partial charge in [0.2, 0.25) is 10.0 Å². The number of nitrogens with zero attached hydrogens (tertiary/aromatic N) is 1. The topological polar surface area (TPSA) is 102 Å². The Morgan fingerprint density at radius 1 is 1.03 bits per heavy atom. The Balaban J connectivity index is 1.91. The molecule has 0 unspecified atom stereocenters. The molecule has 1 heterocycles. The lowest BCUT2D eigenvalue weighted by molar-refractivity contribution is 0.254. The number of benzene rings is 2. The molecule has 3 rings (SSSR count). The minimum atomic E-state index is -3.97. The summed E-state index contributed by atoms with van der Waals surface area (Å²) in [5, 5.41) is 0. The van der Waals surface area contributed by atoms with E-state index in [0.29, 0.717) is 31.2 Å². The van der Waals surface area contributed by atoms with E-state index in [4.69, 9.17) is 9.47 Å². The molecule has 0 aliphatic carbocycles. The van der Waals surface area contributed by atoms with Crippen LogP contribution in [0.2, 0.25) is 0 Å². The van der Waals surface area contributed by atoms with Crippen molar-refractivity contribution in [1.82, 2.24) is 4.31 Å². The molecule has 1 N–H and O–H groups in total. The fourth-order valence-corrected chi connectivity index (χ4v) is 6.02. The van der Waals surface area contributed by atoms with Crippen molar-refractivity contribution in [1.29, 1.82) is 0 Å². The molecule has 0 saturated carbocycles. The lowest BCUT2D eigenvalue weighted by atomic mass is 10.1. The number of ether oxygens (including phenoxy) is 2.